The maximum Gasteiger partial charge on any atom is 0.247 e. The topological polar surface area (TPSA) is 112 Å². The first kappa shape index (κ1) is 22.2. The first-order valence-electron chi connectivity index (χ1n) is 10.8. The highest BCUT2D eigenvalue weighted by Gasteiger charge is 2.52. The third-order valence-corrected chi connectivity index (χ3v) is 6.51. The minimum absolute atomic E-state index is 0.0495. The van der Waals surface area contributed by atoms with Crippen molar-refractivity contribution in [2.24, 2.45) is 17.3 Å². The van der Waals surface area contributed by atoms with Crippen molar-refractivity contribution in [3.05, 3.63) is 24.5 Å². The van der Waals surface area contributed by atoms with Crippen LogP contribution in [0.25, 0.3) is 0 Å². The van der Waals surface area contributed by atoms with E-state index in [-0.39, 0.29) is 24.2 Å². The fourth-order valence-electron chi connectivity index (χ4n) is 5.11. The number of aromatic nitrogens is 1. The second-order valence-corrected chi connectivity index (χ2v) is 9.01. The molecule has 1 saturated carbocycles. The number of carbonyl (C=O) groups is 3. The molecule has 8 nitrogen and oxygen atoms in total. The van der Waals surface area contributed by atoms with Crippen molar-refractivity contribution in [1.82, 2.24) is 15.4 Å². The molecule has 3 rings (SSSR count). The fourth-order valence-corrected chi connectivity index (χ4v) is 5.11. The summed E-state index contributed by atoms with van der Waals surface area (Å²) in [4.78, 5) is 44.4. The lowest BCUT2D eigenvalue weighted by molar-refractivity contribution is -0.147. The van der Waals surface area contributed by atoms with E-state index in [4.69, 9.17) is 5.21 Å². The largest absolute Gasteiger partial charge is 0.330 e. The van der Waals surface area contributed by atoms with Gasteiger partial charge in [-0.25, -0.2) is 5.48 Å². The minimum Gasteiger partial charge on any atom is -0.330 e. The van der Waals surface area contributed by atoms with Crippen LogP contribution in [0.2, 0.25) is 0 Å². The lowest BCUT2D eigenvalue weighted by Gasteiger charge is -2.34. The van der Waals surface area contributed by atoms with Crippen LogP contribution >= 0.6 is 0 Å². The summed E-state index contributed by atoms with van der Waals surface area (Å²) in [5.74, 6) is -0.631. The fraction of sp³-hybridized carbons (Fsp3) is 0.636. The third kappa shape index (κ3) is 4.80. The van der Waals surface area contributed by atoms with Gasteiger partial charge in [-0.3, -0.25) is 24.6 Å². The number of anilines is 1. The number of likely N-dealkylation sites (tertiary alicyclic amines) is 1. The Balaban J connectivity index is 1.81. The van der Waals surface area contributed by atoms with E-state index in [0.29, 0.717) is 31.0 Å². The molecule has 3 amide bonds. The highest BCUT2D eigenvalue weighted by molar-refractivity contribution is 5.99. The van der Waals surface area contributed by atoms with E-state index >= 15 is 0 Å². The second kappa shape index (κ2) is 9.55. The summed E-state index contributed by atoms with van der Waals surface area (Å²) in [5, 5.41) is 12.0. The van der Waals surface area contributed by atoms with Crippen LogP contribution in [0.5, 0.6) is 0 Å². The average Bonchev–Trinajstić information content (AvgIpc) is 3.33. The van der Waals surface area contributed by atoms with E-state index < -0.39 is 17.4 Å². The van der Waals surface area contributed by atoms with Gasteiger partial charge in [0.1, 0.15) is 6.04 Å². The summed E-state index contributed by atoms with van der Waals surface area (Å²) in [6.45, 7) is 4.26. The predicted molar refractivity (Wildman–Crippen MR) is 111 cm³/mol. The van der Waals surface area contributed by atoms with Gasteiger partial charge in [-0.2, -0.15) is 0 Å². The molecular formula is C22H32N4O4. The molecule has 2 fully saturated rings. The molecule has 0 unspecified atom stereocenters. The zero-order valence-corrected chi connectivity index (χ0v) is 17.8. The first-order chi connectivity index (χ1) is 14.4. The number of hydrogen-bond acceptors (Lipinski definition) is 5. The number of amides is 3. The maximum absolute atomic E-state index is 13.6. The third-order valence-electron chi connectivity index (χ3n) is 6.51. The van der Waals surface area contributed by atoms with Crippen LogP contribution in [0.15, 0.2) is 24.5 Å². The van der Waals surface area contributed by atoms with Crippen LogP contribution in [0.4, 0.5) is 5.69 Å². The van der Waals surface area contributed by atoms with Crippen molar-refractivity contribution >= 4 is 23.4 Å². The highest BCUT2D eigenvalue weighted by Crippen LogP contribution is 2.46. The predicted octanol–water partition coefficient (Wildman–Crippen LogP) is 2.74. The zero-order valence-electron chi connectivity index (χ0n) is 17.8. The van der Waals surface area contributed by atoms with E-state index in [1.807, 2.05) is 13.8 Å². The minimum atomic E-state index is -0.855. The van der Waals surface area contributed by atoms with E-state index in [2.05, 4.69) is 10.3 Å². The van der Waals surface area contributed by atoms with Gasteiger partial charge >= 0.3 is 0 Å². The summed E-state index contributed by atoms with van der Waals surface area (Å²) in [6.07, 6.45) is 8.71. The quantitative estimate of drug-likeness (QED) is 0.446. The van der Waals surface area contributed by atoms with Gasteiger partial charge < -0.3 is 10.2 Å². The number of hydroxylamine groups is 1. The number of carbonyl (C=O) groups excluding carboxylic acids is 3. The zero-order chi connectivity index (χ0) is 21.7. The summed E-state index contributed by atoms with van der Waals surface area (Å²) in [7, 11) is 0. The van der Waals surface area contributed by atoms with E-state index in [1.165, 1.54) is 0 Å². The van der Waals surface area contributed by atoms with E-state index in [1.54, 1.807) is 34.9 Å². The van der Waals surface area contributed by atoms with Gasteiger partial charge in [0.25, 0.3) is 0 Å². The van der Waals surface area contributed by atoms with Crippen molar-refractivity contribution in [3.63, 3.8) is 0 Å². The molecule has 0 bridgehead atoms. The van der Waals surface area contributed by atoms with Crippen LogP contribution in [-0.2, 0) is 14.4 Å². The average molecular weight is 417 g/mol. The Labute approximate surface area is 177 Å². The molecule has 1 aliphatic carbocycles. The Hall–Kier alpha value is -2.48. The number of hydrogen-bond donors (Lipinski definition) is 3. The molecular weight excluding hydrogens is 384 g/mol. The van der Waals surface area contributed by atoms with Crippen LogP contribution in [0.1, 0.15) is 58.8 Å². The summed E-state index contributed by atoms with van der Waals surface area (Å²) in [5.41, 5.74) is 1.46. The number of nitrogens with one attached hydrogen (secondary N) is 2. The number of rotatable bonds is 8. The van der Waals surface area contributed by atoms with Crippen molar-refractivity contribution in [2.45, 2.75) is 64.8 Å². The standard InChI is InChI=1S/C22H32N4O4/c1-15(2)19(20(28)24-17-7-10-23-11-8-17)26-12-9-22(21(26)29,14-18(27)25-30)13-16-5-3-4-6-16/h7-8,10-11,15-16,19,30H,3-6,9,12-14H2,1-2H3,(H,25,27)(H,23,24,28)/t19-,22-/m1/s1. The van der Waals surface area contributed by atoms with Crippen LogP contribution in [0.3, 0.4) is 0 Å². The van der Waals surface area contributed by atoms with Crippen LogP contribution < -0.4 is 10.8 Å². The van der Waals surface area contributed by atoms with Gasteiger partial charge in [-0.1, -0.05) is 39.5 Å². The van der Waals surface area contributed by atoms with E-state index in [0.717, 1.165) is 25.7 Å². The Morgan fingerprint density at radius 2 is 1.93 bits per heavy atom. The van der Waals surface area contributed by atoms with E-state index in [9.17, 15) is 14.4 Å². The number of nitrogens with zero attached hydrogens (tertiary/aromatic N) is 2. The Morgan fingerprint density at radius 1 is 1.27 bits per heavy atom. The molecule has 8 heteroatoms. The molecule has 0 aromatic carbocycles. The van der Waals surface area contributed by atoms with Crippen molar-refractivity contribution < 1.29 is 19.6 Å². The Kier molecular flexibility index (Phi) is 7.07. The van der Waals surface area contributed by atoms with Gasteiger partial charge in [0.2, 0.25) is 17.7 Å². The van der Waals surface area contributed by atoms with Crippen molar-refractivity contribution in [3.8, 4) is 0 Å². The molecule has 1 aromatic heterocycles. The number of pyridine rings is 1. The lowest BCUT2D eigenvalue weighted by atomic mass is 9.74. The second-order valence-electron chi connectivity index (χ2n) is 9.01. The lowest BCUT2D eigenvalue weighted by Crippen LogP contribution is -2.50. The molecule has 3 N–H and O–H groups in total. The Morgan fingerprint density at radius 3 is 2.53 bits per heavy atom. The molecule has 0 radical (unpaired) electrons. The monoisotopic (exact) mass is 416 g/mol. The smallest absolute Gasteiger partial charge is 0.247 e. The maximum atomic E-state index is 13.6. The summed E-state index contributed by atoms with van der Waals surface area (Å²) in [6, 6.07) is 2.78. The van der Waals surface area contributed by atoms with Crippen molar-refractivity contribution in [1.29, 1.82) is 0 Å². The van der Waals surface area contributed by atoms with Crippen molar-refractivity contribution in [2.75, 3.05) is 11.9 Å². The highest BCUT2D eigenvalue weighted by atomic mass is 16.5. The Bertz CT molecular complexity index is 764. The molecule has 30 heavy (non-hydrogen) atoms. The normalized spacial score (nSPS) is 23.1. The SMILES string of the molecule is CC(C)[C@H](C(=O)Nc1ccncc1)N1CC[C@](CC(=O)NO)(CC2CCCC2)C1=O. The van der Waals surface area contributed by atoms with Crippen LogP contribution in [0, 0.1) is 17.3 Å². The van der Waals surface area contributed by atoms with Crippen LogP contribution in [-0.4, -0.2) is 45.4 Å². The molecule has 2 aliphatic rings. The summed E-state index contributed by atoms with van der Waals surface area (Å²) < 4.78 is 0. The molecule has 2 heterocycles. The molecule has 1 aromatic rings. The van der Waals surface area contributed by atoms with Gasteiger partial charge in [-0.15, -0.1) is 0 Å². The summed E-state index contributed by atoms with van der Waals surface area (Å²) >= 11 is 0. The molecule has 1 saturated heterocycles. The van der Waals surface area contributed by atoms with Gasteiger partial charge in [0.15, 0.2) is 0 Å². The molecule has 2 atom stereocenters. The van der Waals surface area contributed by atoms with Gasteiger partial charge in [-0.05, 0) is 36.8 Å². The molecule has 164 valence electrons. The molecule has 0 spiro atoms. The van der Waals surface area contributed by atoms with Gasteiger partial charge in [0, 0.05) is 31.0 Å². The molecule has 1 aliphatic heterocycles. The first-order valence-corrected chi connectivity index (χ1v) is 10.8. The van der Waals surface area contributed by atoms with Gasteiger partial charge in [0.05, 0.1) is 5.41 Å².